The molecule has 0 rings (SSSR count). The first-order valence-electron chi connectivity index (χ1n) is 1.14. The Morgan fingerprint density at radius 2 is 2.17 bits per heavy atom. The van der Waals surface area contributed by atoms with E-state index in [2.05, 4.69) is 3.73 Å². The second-order valence-electron chi connectivity index (χ2n) is 0.634. The van der Waals surface area contributed by atoms with Gasteiger partial charge in [-0.3, -0.25) is 0 Å². The zero-order valence-corrected chi connectivity index (χ0v) is 4.97. The van der Waals surface area contributed by atoms with Gasteiger partial charge in [0.2, 0.25) is 0 Å². The normalized spacial score (nSPS) is 19.8. The van der Waals surface area contributed by atoms with E-state index in [-0.39, 0.29) is 0 Å². The molecule has 5 heteroatoms. The van der Waals surface area contributed by atoms with Gasteiger partial charge >= 0.3 is 36.8 Å². The summed E-state index contributed by atoms with van der Waals surface area (Å²) in [6.07, 6.45) is 0. The summed E-state index contributed by atoms with van der Waals surface area (Å²) >= 11 is -5.16. The number of halogens is 1. The van der Waals surface area contributed by atoms with Crippen molar-refractivity contribution in [1.29, 1.82) is 0 Å². The molecular weight excluding hydrogens is 154 g/mol. The second-order valence-corrected chi connectivity index (χ2v) is 3.29. The maximum atomic E-state index is 11.1. The van der Waals surface area contributed by atoms with Gasteiger partial charge < -0.3 is 0 Å². The minimum absolute atomic E-state index is 0.847. The van der Waals surface area contributed by atoms with Crippen molar-refractivity contribution >= 4 is 14.6 Å². The Balaban J connectivity index is 3.48. The van der Waals surface area contributed by atoms with Crippen molar-refractivity contribution < 1.29 is 15.0 Å². The summed E-state index contributed by atoms with van der Waals surface area (Å²) in [5.41, 5.74) is 0. The summed E-state index contributed by atoms with van der Waals surface area (Å²) in [5, 5.41) is 0. The molecule has 0 aromatic carbocycles. The third-order valence-electron chi connectivity index (χ3n) is 0.225. The molecule has 0 fully saturated rings. The Bertz CT molecular complexity index is 74.9. The van der Waals surface area contributed by atoms with Crippen LogP contribution in [-0.2, 0) is 7.47 Å². The standard InChI is InChI=1S/CH4AsFO3/c1-6-2(3,4)5/h1H3,(H,4,5). The second kappa shape index (κ2) is 1.78. The Hall–Kier alpha value is 0.208. The molecule has 3 nitrogen and oxygen atoms in total. The Labute approximate surface area is 37.6 Å². The summed E-state index contributed by atoms with van der Waals surface area (Å²) in [4.78, 5) is 0. The van der Waals surface area contributed by atoms with Crippen LogP contribution in [0.5, 0.6) is 0 Å². The van der Waals surface area contributed by atoms with Crippen molar-refractivity contribution in [3.05, 3.63) is 0 Å². The molecule has 0 radical (unpaired) electrons. The molecular formula is CH4AsFO3. The van der Waals surface area contributed by atoms with Crippen molar-refractivity contribution in [1.82, 2.24) is 0 Å². The average Bonchev–Trinajstić information content (AvgIpc) is 1.35. The molecule has 0 amide bonds. The van der Waals surface area contributed by atoms with Gasteiger partial charge in [-0.2, -0.15) is 0 Å². The molecule has 0 aliphatic carbocycles. The first-order valence-corrected chi connectivity index (χ1v) is 4.22. The van der Waals surface area contributed by atoms with Crippen LogP contribution in [-0.4, -0.2) is 25.8 Å². The van der Waals surface area contributed by atoms with Gasteiger partial charge in [-0.05, 0) is 0 Å². The molecule has 0 aromatic heterocycles. The average molecular weight is 158 g/mol. The van der Waals surface area contributed by atoms with Crippen molar-refractivity contribution in [2.75, 3.05) is 7.11 Å². The number of rotatable bonds is 1. The molecule has 0 spiro atoms. The fourth-order valence-electron chi connectivity index (χ4n) is 0. The zero-order valence-electron chi connectivity index (χ0n) is 3.09. The molecule has 1 atom stereocenters. The first-order chi connectivity index (χ1) is 2.56. The predicted molar refractivity (Wildman–Crippen MR) is 16.8 cm³/mol. The van der Waals surface area contributed by atoms with Gasteiger partial charge in [0.15, 0.2) is 0 Å². The van der Waals surface area contributed by atoms with E-state index >= 15 is 0 Å². The molecule has 0 aliphatic heterocycles. The van der Waals surface area contributed by atoms with Crippen LogP contribution in [0.15, 0.2) is 0 Å². The van der Waals surface area contributed by atoms with Crippen molar-refractivity contribution in [3.8, 4) is 0 Å². The van der Waals surface area contributed by atoms with Crippen LogP contribution < -0.4 is 0 Å². The van der Waals surface area contributed by atoms with E-state index in [1.807, 2.05) is 0 Å². The van der Waals surface area contributed by atoms with E-state index in [0.717, 1.165) is 7.11 Å². The van der Waals surface area contributed by atoms with Crippen LogP contribution in [0.25, 0.3) is 0 Å². The van der Waals surface area contributed by atoms with Crippen LogP contribution >= 0.6 is 0 Å². The third kappa shape index (κ3) is 4.21. The fourth-order valence-corrected chi connectivity index (χ4v) is 0. The van der Waals surface area contributed by atoms with Gasteiger partial charge in [0.25, 0.3) is 0 Å². The summed E-state index contributed by atoms with van der Waals surface area (Å²) < 4.78 is 31.4. The van der Waals surface area contributed by atoms with Crippen molar-refractivity contribution in [2.24, 2.45) is 0 Å². The van der Waals surface area contributed by atoms with Crippen LogP contribution in [0.4, 0.5) is 3.47 Å². The maximum absolute atomic E-state index is 11.1. The van der Waals surface area contributed by atoms with E-state index in [1.54, 1.807) is 0 Å². The quantitative estimate of drug-likeness (QED) is 0.521. The van der Waals surface area contributed by atoms with Crippen molar-refractivity contribution in [3.63, 3.8) is 0 Å². The molecule has 0 aromatic rings. The Morgan fingerprint density at radius 3 is 2.17 bits per heavy atom. The SMILES string of the molecule is CO[As](=O)(O)F. The predicted octanol–water partition coefficient (Wildman–Crippen LogP) is -0.539. The van der Waals surface area contributed by atoms with Crippen LogP contribution in [0, 0.1) is 0 Å². The van der Waals surface area contributed by atoms with Gasteiger partial charge in [-0.15, -0.1) is 0 Å². The zero-order chi connectivity index (χ0) is 5.21. The summed E-state index contributed by atoms with van der Waals surface area (Å²) in [6, 6.07) is 0. The molecule has 0 saturated carbocycles. The van der Waals surface area contributed by atoms with Gasteiger partial charge in [0.1, 0.15) is 0 Å². The van der Waals surface area contributed by atoms with Crippen LogP contribution in [0.1, 0.15) is 0 Å². The molecule has 6 heavy (non-hydrogen) atoms. The van der Waals surface area contributed by atoms with Gasteiger partial charge in [-0.25, -0.2) is 0 Å². The summed E-state index contributed by atoms with van der Waals surface area (Å²) in [7, 11) is 0.847. The van der Waals surface area contributed by atoms with E-state index in [1.165, 1.54) is 0 Å². The summed E-state index contributed by atoms with van der Waals surface area (Å²) in [6.45, 7) is 0. The molecule has 0 heterocycles. The molecule has 0 saturated heterocycles. The van der Waals surface area contributed by atoms with Gasteiger partial charge in [-0.1, -0.05) is 0 Å². The van der Waals surface area contributed by atoms with Gasteiger partial charge in [0, 0.05) is 0 Å². The summed E-state index contributed by atoms with van der Waals surface area (Å²) in [5.74, 6) is 0. The molecule has 0 bridgehead atoms. The minimum atomic E-state index is -5.16. The van der Waals surface area contributed by atoms with E-state index in [4.69, 9.17) is 4.10 Å². The third-order valence-corrected chi connectivity index (χ3v) is 1.17. The molecule has 0 aliphatic rings. The molecule has 1 N–H and O–H groups in total. The fraction of sp³-hybridized carbons (Fsp3) is 1.00. The first kappa shape index (κ1) is 6.21. The molecule has 38 valence electrons. The van der Waals surface area contributed by atoms with Crippen LogP contribution in [0.2, 0.25) is 0 Å². The number of hydrogen-bond acceptors (Lipinski definition) is 2. The Morgan fingerprint density at radius 1 is 2.00 bits per heavy atom. The van der Waals surface area contributed by atoms with Crippen LogP contribution in [0.3, 0.4) is 0 Å². The van der Waals surface area contributed by atoms with E-state index in [0.29, 0.717) is 0 Å². The molecule has 1 unspecified atom stereocenters. The van der Waals surface area contributed by atoms with Crippen molar-refractivity contribution in [2.45, 2.75) is 0 Å². The number of hydrogen-bond donors (Lipinski definition) is 1. The monoisotopic (exact) mass is 158 g/mol. The van der Waals surface area contributed by atoms with E-state index < -0.39 is 14.6 Å². The van der Waals surface area contributed by atoms with E-state index in [9.17, 15) is 7.21 Å². The Kier molecular flexibility index (Phi) is 1.84. The van der Waals surface area contributed by atoms with Gasteiger partial charge in [0.05, 0.1) is 0 Å². The topological polar surface area (TPSA) is 46.5 Å².